The molecule has 1 atom stereocenters. The summed E-state index contributed by atoms with van der Waals surface area (Å²) in [7, 11) is 1.40. The molecule has 2 heterocycles. The molecule has 0 N–H and O–H groups in total. The first kappa shape index (κ1) is 16.2. The van der Waals surface area contributed by atoms with Crippen molar-refractivity contribution in [3.63, 3.8) is 0 Å². The van der Waals surface area contributed by atoms with Gasteiger partial charge in [-0.15, -0.1) is 0 Å². The zero-order valence-electron chi connectivity index (χ0n) is 13.5. The van der Waals surface area contributed by atoms with Crippen molar-refractivity contribution in [2.45, 2.75) is 31.5 Å². The number of rotatable bonds is 4. The molecule has 0 unspecified atom stereocenters. The molecule has 2 aliphatic rings. The lowest BCUT2D eigenvalue weighted by molar-refractivity contribution is -0.185. The van der Waals surface area contributed by atoms with E-state index >= 15 is 0 Å². The van der Waals surface area contributed by atoms with Gasteiger partial charge in [0.05, 0.1) is 26.3 Å². The van der Waals surface area contributed by atoms with Crippen LogP contribution in [0.3, 0.4) is 0 Å². The number of methoxy groups -OCH3 is 1. The third-order valence-electron chi connectivity index (χ3n) is 4.49. The third kappa shape index (κ3) is 3.19. The van der Waals surface area contributed by atoms with Crippen LogP contribution in [0.2, 0.25) is 0 Å². The van der Waals surface area contributed by atoms with E-state index in [1.807, 2.05) is 6.92 Å². The predicted molar refractivity (Wildman–Crippen MR) is 82.2 cm³/mol. The lowest BCUT2D eigenvalue weighted by atomic mass is 9.84. The van der Waals surface area contributed by atoms with Crippen LogP contribution >= 0.6 is 0 Å². The zero-order chi connectivity index (χ0) is 16.4. The molecule has 1 spiro atoms. The molecule has 23 heavy (non-hydrogen) atoms. The van der Waals surface area contributed by atoms with E-state index in [0.29, 0.717) is 31.9 Å². The Hall–Kier alpha value is -1.66. The molecule has 0 saturated carbocycles. The summed E-state index contributed by atoms with van der Waals surface area (Å²) in [5.74, 6) is -0.574. The first-order valence-electron chi connectivity index (χ1n) is 7.95. The Morgan fingerprint density at radius 3 is 2.91 bits per heavy atom. The average Bonchev–Trinajstić information content (AvgIpc) is 2.52. The van der Waals surface area contributed by atoms with Crippen molar-refractivity contribution in [2.24, 2.45) is 0 Å². The van der Waals surface area contributed by atoms with Gasteiger partial charge in [-0.3, -0.25) is 4.79 Å². The molecule has 6 heteroatoms. The van der Waals surface area contributed by atoms with Crippen LogP contribution in [0.1, 0.15) is 30.1 Å². The second-order valence-electron chi connectivity index (χ2n) is 6.11. The quantitative estimate of drug-likeness (QED) is 0.853. The number of halogens is 1. The number of hydrogen-bond donors (Lipinski definition) is 0. The van der Waals surface area contributed by atoms with E-state index in [1.165, 1.54) is 19.2 Å². The van der Waals surface area contributed by atoms with Crippen molar-refractivity contribution in [3.8, 4) is 5.75 Å². The predicted octanol–water partition coefficient (Wildman–Crippen LogP) is 2.24. The van der Waals surface area contributed by atoms with E-state index in [2.05, 4.69) is 0 Å². The van der Waals surface area contributed by atoms with E-state index in [0.717, 1.165) is 12.8 Å². The summed E-state index contributed by atoms with van der Waals surface area (Å²) in [4.78, 5) is 14.1. The highest BCUT2D eigenvalue weighted by Gasteiger charge is 2.49. The maximum atomic E-state index is 13.7. The van der Waals surface area contributed by atoms with Gasteiger partial charge < -0.3 is 19.1 Å². The summed E-state index contributed by atoms with van der Waals surface area (Å²) in [6, 6.07) is 4.28. The van der Waals surface area contributed by atoms with Gasteiger partial charge in [0.1, 0.15) is 5.60 Å². The van der Waals surface area contributed by atoms with Gasteiger partial charge in [-0.05, 0) is 31.5 Å². The number of likely N-dealkylation sites (tertiary alicyclic amines) is 1. The van der Waals surface area contributed by atoms with E-state index in [-0.39, 0.29) is 23.4 Å². The first-order chi connectivity index (χ1) is 11.1. The van der Waals surface area contributed by atoms with Gasteiger partial charge in [0, 0.05) is 25.2 Å². The van der Waals surface area contributed by atoms with Crippen LogP contribution in [0.15, 0.2) is 18.2 Å². The van der Waals surface area contributed by atoms with Crippen LogP contribution in [0, 0.1) is 5.82 Å². The van der Waals surface area contributed by atoms with E-state index in [9.17, 15) is 9.18 Å². The Kier molecular flexibility index (Phi) is 4.55. The highest BCUT2D eigenvalue weighted by molar-refractivity contribution is 5.95. The minimum absolute atomic E-state index is 0.136. The Balaban J connectivity index is 1.62. The summed E-state index contributed by atoms with van der Waals surface area (Å²) in [6.45, 7) is 4.39. The number of carbonyl (C=O) groups excluding carboxylic acids is 1. The highest BCUT2D eigenvalue weighted by atomic mass is 19.1. The first-order valence-corrected chi connectivity index (χ1v) is 7.95. The molecule has 1 amide bonds. The number of hydrogen-bond acceptors (Lipinski definition) is 4. The lowest BCUT2D eigenvalue weighted by Gasteiger charge is -2.53. The highest BCUT2D eigenvalue weighted by Crippen LogP contribution is 2.36. The van der Waals surface area contributed by atoms with Crippen LogP contribution in [0.25, 0.3) is 0 Å². The molecule has 0 bridgehead atoms. The van der Waals surface area contributed by atoms with Crippen LogP contribution in [-0.2, 0) is 9.47 Å². The topological polar surface area (TPSA) is 48.0 Å². The zero-order valence-corrected chi connectivity index (χ0v) is 13.5. The maximum Gasteiger partial charge on any atom is 0.254 e. The molecule has 2 saturated heterocycles. The summed E-state index contributed by atoms with van der Waals surface area (Å²) in [5.41, 5.74) is 0.0361. The molecular weight excluding hydrogens is 301 g/mol. The summed E-state index contributed by atoms with van der Waals surface area (Å²) < 4.78 is 30.2. The Labute approximate surface area is 135 Å². The van der Waals surface area contributed by atoms with Crippen molar-refractivity contribution < 1.29 is 23.4 Å². The van der Waals surface area contributed by atoms with Crippen molar-refractivity contribution in [3.05, 3.63) is 29.6 Å². The number of ether oxygens (including phenoxy) is 3. The Bertz CT molecular complexity index is 584. The van der Waals surface area contributed by atoms with Crippen molar-refractivity contribution >= 4 is 5.91 Å². The van der Waals surface area contributed by atoms with E-state index in [1.54, 1.807) is 11.0 Å². The van der Waals surface area contributed by atoms with Crippen LogP contribution in [0.4, 0.5) is 4.39 Å². The van der Waals surface area contributed by atoms with Crippen molar-refractivity contribution in [1.29, 1.82) is 0 Å². The van der Waals surface area contributed by atoms with Crippen molar-refractivity contribution in [1.82, 2.24) is 4.90 Å². The smallest absolute Gasteiger partial charge is 0.254 e. The summed E-state index contributed by atoms with van der Waals surface area (Å²) >= 11 is 0. The molecular formula is C17H22FNO4. The number of carbonyl (C=O) groups is 1. The lowest BCUT2D eigenvalue weighted by Crippen LogP contribution is -2.67. The van der Waals surface area contributed by atoms with Crippen LogP contribution in [0.5, 0.6) is 5.75 Å². The fraction of sp³-hybridized carbons (Fsp3) is 0.588. The Morgan fingerprint density at radius 2 is 2.26 bits per heavy atom. The van der Waals surface area contributed by atoms with Crippen LogP contribution < -0.4 is 4.74 Å². The number of nitrogens with zero attached hydrogens (tertiary/aromatic N) is 1. The van der Waals surface area contributed by atoms with Gasteiger partial charge >= 0.3 is 0 Å². The van der Waals surface area contributed by atoms with Gasteiger partial charge in [0.2, 0.25) is 0 Å². The van der Waals surface area contributed by atoms with Gasteiger partial charge in [-0.1, -0.05) is 0 Å². The molecule has 0 aliphatic carbocycles. The standard InChI is InChI=1S/C17H22FNO4/c1-3-22-13-6-7-23-17(9-13)10-19(11-17)16(20)12-4-5-15(21-2)14(18)8-12/h4-5,8,13H,3,6-7,9-11H2,1-2H3/t13-/m1/s1. The monoisotopic (exact) mass is 323 g/mol. The number of amides is 1. The second-order valence-corrected chi connectivity index (χ2v) is 6.11. The minimum Gasteiger partial charge on any atom is -0.494 e. The summed E-state index contributed by atoms with van der Waals surface area (Å²) in [6.07, 6.45) is 1.90. The fourth-order valence-electron chi connectivity index (χ4n) is 3.36. The second kappa shape index (κ2) is 6.45. The SMILES string of the molecule is CCO[C@@H]1CCOC2(C1)CN(C(=O)c1ccc(OC)c(F)c1)C2. The van der Waals surface area contributed by atoms with Gasteiger partial charge in [-0.25, -0.2) is 4.39 Å². The number of benzene rings is 1. The van der Waals surface area contributed by atoms with E-state index in [4.69, 9.17) is 14.2 Å². The molecule has 5 nitrogen and oxygen atoms in total. The van der Waals surface area contributed by atoms with Crippen LogP contribution in [-0.4, -0.2) is 55.9 Å². The average molecular weight is 323 g/mol. The van der Waals surface area contributed by atoms with Gasteiger partial charge in [0.15, 0.2) is 11.6 Å². The normalized spacial score (nSPS) is 22.7. The van der Waals surface area contributed by atoms with Gasteiger partial charge in [-0.2, -0.15) is 0 Å². The maximum absolute atomic E-state index is 13.7. The molecule has 3 rings (SSSR count). The Morgan fingerprint density at radius 1 is 1.48 bits per heavy atom. The molecule has 0 radical (unpaired) electrons. The molecule has 0 aromatic heterocycles. The summed E-state index contributed by atoms with van der Waals surface area (Å²) in [5, 5.41) is 0. The molecule has 1 aromatic carbocycles. The van der Waals surface area contributed by atoms with Crippen molar-refractivity contribution in [2.75, 3.05) is 33.4 Å². The van der Waals surface area contributed by atoms with E-state index < -0.39 is 5.82 Å². The fourth-order valence-corrected chi connectivity index (χ4v) is 3.36. The molecule has 1 aromatic rings. The molecule has 2 fully saturated rings. The molecule has 126 valence electrons. The largest absolute Gasteiger partial charge is 0.494 e. The third-order valence-corrected chi connectivity index (χ3v) is 4.49. The molecule has 2 aliphatic heterocycles. The minimum atomic E-state index is -0.529. The van der Waals surface area contributed by atoms with Gasteiger partial charge in [0.25, 0.3) is 5.91 Å².